The molecule has 2 fully saturated rings. The van der Waals surface area contributed by atoms with Gasteiger partial charge in [0.25, 0.3) is 0 Å². The second kappa shape index (κ2) is 4.57. The lowest BCUT2D eigenvalue weighted by Crippen LogP contribution is -2.40. The number of hydrogen-bond acceptors (Lipinski definition) is 1. The molecule has 1 aromatic rings. The zero-order valence-electron chi connectivity index (χ0n) is 10.1. The van der Waals surface area contributed by atoms with Gasteiger partial charge in [-0.2, -0.15) is 0 Å². The van der Waals surface area contributed by atoms with Crippen molar-refractivity contribution in [1.82, 2.24) is 5.32 Å². The zero-order chi connectivity index (χ0) is 12.7. The summed E-state index contributed by atoms with van der Waals surface area (Å²) >= 11 is 0. The minimum absolute atomic E-state index is 0.0473. The van der Waals surface area contributed by atoms with E-state index in [0.29, 0.717) is 17.5 Å². The van der Waals surface area contributed by atoms with Gasteiger partial charge in [0.2, 0.25) is 0 Å². The molecular formula is C14H16F3N. The fraction of sp³-hybridized carbons (Fsp3) is 0.571. The summed E-state index contributed by atoms with van der Waals surface area (Å²) in [6, 6.07) is 2.64. The molecule has 0 amide bonds. The molecule has 3 unspecified atom stereocenters. The lowest BCUT2D eigenvalue weighted by Gasteiger charge is -2.33. The summed E-state index contributed by atoms with van der Waals surface area (Å²) in [5, 5.41) is 3.45. The number of hydrogen-bond donors (Lipinski definition) is 1. The largest absolute Gasteiger partial charge is 0.307 e. The quantitative estimate of drug-likeness (QED) is 0.754. The molecule has 3 atom stereocenters. The Hall–Kier alpha value is -1.03. The SMILES string of the molecule is Fc1cc(C2CCC3CCCC3N2)cc(F)c1F. The molecule has 1 aromatic carbocycles. The van der Waals surface area contributed by atoms with Crippen LogP contribution in [0.15, 0.2) is 12.1 Å². The number of benzene rings is 1. The summed E-state index contributed by atoms with van der Waals surface area (Å²) in [6.07, 6.45) is 5.56. The van der Waals surface area contributed by atoms with E-state index in [9.17, 15) is 13.2 Å². The molecule has 1 N–H and O–H groups in total. The van der Waals surface area contributed by atoms with Gasteiger partial charge in [-0.05, 0) is 49.3 Å². The van der Waals surface area contributed by atoms with E-state index in [1.165, 1.54) is 12.8 Å². The van der Waals surface area contributed by atoms with E-state index in [0.717, 1.165) is 31.4 Å². The average molecular weight is 255 g/mol. The third-order valence-electron chi connectivity index (χ3n) is 4.31. The van der Waals surface area contributed by atoms with Crippen molar-refractivity contribution >= 4 is 0 Å². The number of halogens is 3. The van der Waals surface area contributed by atoms with Crippen molar-refractivity contribution in [3.05, 3.63) is 35.1 Å². The molecule has 1 heterocycles. The molecule has 18 heavy (non-hydrogen) atoms. The molecule has 0 spiro atoms. The molecule has 1 nitrogen and oxygen atoms in total. The van der Waals surface area contributed by atoms with E-state index in [-0.39, 0.29) is 6.04 Å². The molecule has 3 rings (SSSR count). The van der Waals surface area contributed by atoms with Crippen LogP contribution < -0.4 is 5.32 Å². The van der Waals surface area contributed by atoms with Gasteiger partial charge < -0.3 is 5.32 Å². The zero-order valence-corrected chi connectivity index (χ0v) is 10.1. The number of fused-ring (bicyclic) bond motifs is 1. The molecule has 0 bridgehead atoms. The molecular weight excluding hydrogens is 239 g/mol. The number of rotatable bonds is 1. The van der Waals surface area contributed by atoms with Gasteiger partial charge in [-0.1, -0.05) is 6.42 Å². The third kappa shape index (κ3) is 2.03. The van der Waals surface area contributed by atoms with Crippen LogP contribution in [-0.2, 0) is 0 Å². The summed E-state index contributed by atoms with van der Waals surface area (Å²) in [7, 11) is 0. The van der Waals surface area contributed by atoms with Gasteiger partial charge in [0.1, 0.15) is 0 Å². The maximum atomic E-state index is 13.2. The van der Waals surface area contributed by atoms with Crippen LogP contribution in [0.5, 0.6) is 0 Å². The predicted molar refractivity (Wildman–Crippen MR) is 62.6 cm³/mol. The monoisotopic (exact) mass is 255 g/mol. The Morgan fingerprint density at radius 2 is 1.67 bits per heavy atom. The summed E-state index contributed by atoms with van der Waals surface area (Å²) in [4.78, 5) is 0. The molecule has 0 radical (unpaired) electrons. The summed E-state index contributed by atoms with van der Waals surface area (Å²) in [5.74, 6) is -2.87. The summed E-state index contributed by atoms with van der Waals surface area (Å²) in [5.41, 5.74) is 0.525. The van der Waals surface area contributed by atoms with Gasteiger partial charge in [-0.3, -0.25) is 0 Å². The first-order valence-electron chi connectivity index (χ1n) is 6.55. The first kappa shape index (κ1) is 12.0. The van der Waals surface area contributed by atoms with E-state index in [1.807, 2.05) is 0 Å². The molecule has 98 valence electrons. The van der Waals surface area contributed by atoms with Crippen LogP contribution in [-0.4, -0.2) is 6.04 Å². The van der Waals surface area contributed by atoms with Gasteiger partial charge in [0, 0.05) is 12.1 Å². The van der Waals surface area contributed by atoms with Crippen molar-refractivity contribution in [1.29, 1.82) is 0 Å². The number of piperidine rings is 1. The van der Waals surface area contributed by atoms with Gasteiger partial charge in [0.15, 0.2) is 17.5 Å². The molecule has 4 heteroatoms. The maximum absolute atomic E-state index is 13.2. The second-order valence-electron chi connectivity index (χ2n) is 5.39. The highest BCUT2D eigenvalue weighted by Gasteiger charge is 2.34. The van der Waals surface area contributed by atoms with Gasteiger partial charge >= 0.3 is 0 Å². The Morgan fingerprint density at radius 1 is 0.944 bits per heavy atom. The molecule has 1 aliphatic heterocycles. The highest BCUT2D eigenvalue weighted by molar-refractivity contribution is 5.23. The standard InChI is InChI=1S/C14H16F3N/c15-10-6-9(7-11(16)14(10)17)13-5-4-8-2-1-3-12(8)18-13/h6-8,12-13,18H,1-5H2. The first-order chi connectivity index (χ1) is 8.65. The van der Waals surface area contributed by atoms with Crippen molar-refractivity contribution in [2.45, 2.75) is 44.2 Å². The lowest BCUT2D eigenvalue weighted by molar-refractivity contribution is 0.260. The Morgan fingerprint density at radius 3 is 2.39 bits per heavy atom. The van der Waals surface area contributed by atoms with Gasteiger partial charge in [-0.25, -0.2) is 13.2 Å². The van der Waals surface area contributed by atoms with E-state index in [1.54, 1.807) is 0 Å². The van der Waals surface area contributed by atoms with E-state index in [4.69, 9.17) is 0 Å². The second-order valence-corrected chi connectivity index (χ2v) is 5.39. The summed E-state index contributed by atoms with van der Waals surface area (Å²) in [6.45, 7) is 0. The fourth-order valence-corrected chi connectivity index (χ4v) is 3.36. The lowest BCUT2D eigenvalue weighted by atomic mass is 9.87. The molecule has 1 saturated heterocycles. The van der Waals surface area contributed by atoms with Crippen LogP contribution in [0.4, 0.5) is 13.2 Å². The van der Waals surface area contributed by atoms with Crippen LogP contribution in [0.1, 0.15) is 43.7 Å². The van der Waals surface area contributed by atoms with Crippen molar-refractivity contribution in [3.63, 3.8) is 0 Å². The molecule has 1 saturated carbocycles. The Balaban J connectivity index is 1.83. The van der Waals surface area contributed by atoms with Crippen molar-refractivity contribution < 1.29 is 13.2 Å². The average Bonchev–Trinajstić information content (AvgIpc) is 2.82. The third-order valence-corrected chi connectivity index (χ3v) is 4.31. The number of nitrogens with one attached hydrogen (secondary N) is 1. The highest BCUT2D eigenvalue weighted by Crippen LogP contribution is 2.38. The van der Waals surface area contributed by atoms with E-state index >= 15 is 0 Å². The predicted octanol–water partition coefficient (Wildman–Crippen LogP) is 3.70. The first-order valence-corrected chi connectivity index (χ1v) is 6.55. The topological polar surface area (TPSA) is 12.0 Å². The summed E-state index contributed by atoms with van der Waals surface area (Å²) < 4.78 is 39.4. The molecule has 0 aromatic heterocycles. The van der Waals surface area contributed by atoms with Gasteiger partial charge in [0.05, 0.1) is 0 Å². The van der Waals surface area contributed by atoms with Crippen molar-refractivity contribution in [3.8, 4) is 0 Å². The van der Waals surface area contributed by atoms with Crippen LogP contribution in [0, 0.1) is 23.4 Å². The van der Waals surface area contributed by atoms with E-state index in [2.05, 4.69) is 5.32 Å². The Labute approximate surface area is 104 Å². The van der Waals surface area contributed by atoms with Crippen LogP contribution in [0.3, 0.4) is 0 Å². The van der Waals surface area contributed by atoms with Crippen LogP contribution in [0.25, 0.3) is 0 Å². The minimum Gasteiger partial charge on any atom is -0.307 e. The van der Waals surface area contributed by atoms with Gasteiger partial charge in [-0.15, -0.1) is 0 Å². The van der Waals surface area contributed by atoms with E-state index < -0.39 is 17.5 Å². The highest BCUT2D eigenvalue weighted by atomic mass is 19.2. The van der Waals surface area contributed by atoms with Crippen LogP contribution >= 0.6 is 0 Å². The maximum Gasteiger partial charge on any atom is 0.194 e. The molecule has 1 aliphatic carbocycles. The molecule has 2 aliphatic rings. The van der Waals surface area contributed by atoms with Crippen LogP contribution in [0.2, 0.25) is 0 Å². The minimum atomic E-state index is -1.38. The van der Waals surface area contributed by atoms with Crippen molar-refractivity contribution in [2.75, 3.05) is 0 Å². The fourth-order valence-electron chi connectivity index (χ4n) is 3.36. The van der Waals surface area contributed by atoms with Crippen molar-refractivity contribution in [2.24, 2.45) is 5.92 Å². The Bertz CT molecular complexity index is 437. The smallest absolute Gasteiger partial charge is 0.194 e. The Kier molecular flexibility index (Phi) is 3.06. The normalized spacial score (nSPS) is 31.4.